The van der Waals surface area contributed by atoms with Gasteiger partial charge in [-0.25, -0.2) is 0 Å². The summed E-state index contributed by atoms with van der Waals surface area (Å²) in [5.74, 6) is 1.90. The molecule has 0 aliphatic carbocycles. The third-order valence-electron chi connectivity index (χ3n) is 2.46. The van der Waals surface area contributed by atoms with E-state index in [1.54, 1.807) is 7.11 Å². The number of hydrogen-bond donors (Lipinski definition) is 0. The van der Waals surface area contributed by atoms with Gasteiger partial charge in [-0.05, 0) is 37.0 Å². The molecule has 1 atom stereocenters. The fourth-order valence-corrected chi connectivity index (χ4v) is 1.74. The summed E-state index contributed by atoms with van der Waals surface area (Å²) in [7, 11) is 1.67. The Kier molecular flexibility index (Phi) is 6.27. The topological polar surface area (TPSA) is 18.5 Å². The first-order chi connectivity index (χ1) is 7.80. The van der Waals surface area contributed by atoms with Crippen LogP contribution in [0, 0.1) is 5.92 Å². The Morgan fingerprint density at radius 2 is 1.94 bits per heavy atom. The molecule has 0 saturated heterocycles. The van der Waals surface area contributed by atoms with Crippen molar-refractivity contribution in [1.82, 2.24) is 0 Å². The largest absolute Gasteiger partial charge is 0.497 e. The number of halogens is 1. The van der Waals surface area contributed by atoms with Crippen molar-refractivity contribution < 1.29 is 9.47 Å². The van der Waals surface area contributed by atoms with Crippen LogP contribution in [0.15, 0.2) is 24.3 Å². The van der Waals surface area contributed by atoms with Crippen LogP contribution >= 0.6 is 11.6 Å². The monoisotopic (exact) mass is 242 g/mol. The van der Waals surface area contributed by atoms with Crippen LogP contribution in [-0.4, -0.2) is 26.2 Å². The van der Waals surface area contributed by atoms with Gasteiger partial charge in [0.2, 0.25) is 0 Å². The minimum atomic E-state index is 0.384. The summed E-state index contributed by atoms with van der Waals surface area (Å²) in [5, 5.41) is 0. The number of methoxy groups -OCH3 is 1. The maximum atomic E-state index is 5.91. The van der Waals surface area contributed by atoms with E-state index >= 15 is 0 Å². The number of benzene rings is 1. The van der Waals surface area contributed by atoms with E-state index in [0.717, 1.165) is 25.4 Å². The molecule has 0 amide bonds. The van der Waals surface area contributed by atoms with Crippen molar-refractivity contribution in [1.29, 1.82) is 0 Å². The Morgan fingerprint density at radius 1 is 1.25 bits per heavy atom. The van der Waals surface area contributed by atoms with Gasteiger partial charge in [0.1, 0.15) is 5.75 Å². The van der Waals surface area contributed by atoms with Gasteiger partial charge in [-0.2, -0.15) is 0 Å². The third-order valence-corrected chi connectivity index (χ3v) is 2.90. The molecule has 0 heterocycles. The molecule has 0 aromatic heterocycles. The maximum absolute atomic E-state index is 5.91. The molecule has 3 heteroatoms. The SMILES string of the molecule is CCOCC(CCl)Cc1ccc(OC)cc1. The van der Waals surface area contributed by atoms with Gasteiger partial charge in [0, 0.05) is 12.5 Å². The van der Waals surface area contributed by atoms with Gasteiger partial charge in [-0.1, -0.05) is 12.1 Å². The van der Waals surface area contributed by atoms with Gasteiger partial charge < -0.3 is 9.47 Å². The molecule has 1 aromatic rings. The standard InChI is InChI=1S/C13H19ClO2/c1-3-16-10-12(9-14)8-11-4-6-13(15-2)7-5-11/h4-7,12H,3,8-10H2,1-2H3. The number of alkyl halides is 1. The number of ether oxygens (including phenoxy) is 2. The van der Waals surface area contributed by atoms with Gasteiger partial charge >= 0.3 is 0 Å². The number of hydrogen-bond acceptors (Lipinski definition) is 2. The van der Waals surface area contributed by atoms with E-state index in [1.807, 2.05) is 19.1 Å². The lowest BCUT2D eigenvalue weighted by atomic mass is 10.0. The molecule has 1 rings (SSSR count). The van der Waals surface area contributed by atoms with Crippen molar-refractivity contribution in [3.63, 3.8) is 0 Å². The van der Waals surface area contributed by atoms with Crippen LogP contribution in [0.2, 0.25) is 0 Å². The van der Waals surface area contributed by atoms with Crippen LogP contribution in [0.3, 0.4) is 0 Å². The number of rotatable bonds is 7. The zero-order valence-electron chi connectivity index (χ0n) is 9.91. The van der Waals surface area contributed by atoms with Crippen LogP contribution in [0.1, 0.15) is 12.5 Å². The highest BCUT2D eigenvalue weighted by Crippen LogP contribution is 2.15. The molecule has 2 nitrogen and oxygen atoms in total. The molecular weight excluding hydrogens is 224 g/mol. The molecule has 0 N–H and O–H groups in total. The molecule has 0 aliphatic rings. The Labute approximate surface area is 103 Å². The summed E-state index contributed by atoms with van der Waals surface area (Å²) in [6.07, 6.45) is 0.952. The Hall–Kier alpha value is -0.730. The first-order valence-corrected chi connectivity index (χ1v) is 6.10. The predicted molar refractivity (Wildman–Crippen MR) is 67.4 cm³/mol. The summed E-state index contributed by atoms with van der Waals surface area (Å²) >= 11 is 5.91. The highest BCUT2D eigenvalue weighted by Gasteiger charge is 2.08. The van der Waals surface area contributed by atoms with Gasteiger partial charge in [0.15, 0.2) is 0 Å². The first-order valence-electron chi connectivity index (χ1n) is 5.56. The molecule has 1 unspecified atom stereocenters. The second-order valence-corrected chi connectivity index (χ2v) is 4.04. The highest BCUT2D eigenvalue weighted by molar-refractivity contribution is 6.18. The third kappa shape index (κ3) is 4.42. The first kappa shape index (κ1) is 13.3. The van der Waals surface area contributed by atoms with E-state index in [9.17, 15) is 0 Å². The minimum absolute atomic E-state index is 0.384. The summed E-state index contributed by atoms with van der Waals surface area (Å²) in [5.41, 5.74) is 1.27. The Balaban J connectivity index is 2.49. The van der Waals surface area contributed by atoms with Crippen molar-refractivity contribution in [2.24, 2.45) is 5.92 Å². The fraction of sp³-hybridized carbons (Fsp3) is 0.538. The fourth-order valence-electron chi connectivity index (χ4n) is 1.54. The normalized spacial score (nSPS) is 12.4. The minimum Gasteiger partial charge on any atom is -0.497 e. The van der Waals surface area contributed by atoms with E-state index < -0.39 is 0 Å². The predicted octanol–water partition coefficient (Wildman–Crippen LogP) is 3.13. The van der Waals surface area contributed by atoms with Gasteiger partial charge in [-0.3, -0.25) is 0 Å². The zero-order chi connectivity index (χ0) is 11.8. The van der Waals surface area contributed by atoms with Crippen LogP contribution in [0.5, 0.6) is 5.75 Å². The molecule has 0 radical (unpaired) electrons. The molecule has 0 fully saturated rings. The smallest absolute Gasteiger partial charge is 0.118 e. The summed E-state index contributed by atoms with van der Waals surface area (Å²) in [4.78, 5) is 0. The second kappa shape index (κ2) is 7.53. The van der Waals surface area contributed by atoms with Crippen molar-refractivity contribution in [3.8, 4) is 5.75 Å². The Bertz CT molecular complexity index is 284. The highest BCUT2D eigenvalue weighted by atomic mass is 35.5. The van der Waals surface area contributed by atoms with Crippen LogP contribution in [-0.2, 0) is 11.2 Å². The van der Waals surface area contributed by atoms with Crippen LogP contribution < -0.4 is 4.74 Å². The summed E-state index contributed by atoms with van der Waals surface area (Å²) in [6.45, 7) is 3.47. The molecule has 0 spiro atoms. The van der Waals surface area contributed by atoms with Gasteiger partial charge in [-0.15, -0.1) is 11.6 Å². The molecule has 90 valence electrons. The lowest BCUT2D eigenvalue weighted by Gasteiger charge is -2.13. The average molecular weight is 243 g/mol. The van der Waals surface area contributed by atoms with Crippen molar-refractivity contribution in [3.05, 3.63) is 29.8 Å². The van der Waals surface area contributed by atoms with Crippen LogP contribution in [0.25, 0.3) is 0 Å². The van der Waals surface area contributed by atoms with E-state index in [-0.39, 0.29) is 0 Å². The van der Waals surface area contributed by atoms with Gasteiger partial charge in [0.25, 0.3) is 0 Å². The van der Waals surface area contributed by atoms with Gasteiger partial charge in [0.05, 0.1) is 13.7 Å². The zero-order valence-corrected chi connectivity index (χ0v) is 10.7. The van der Waals surface area contributed by atoms with Crippen molar-refractivity contribution in [2.45, 2.75) is 13.3 Å². The van der Waals surface area contributed by atoms with E-state index in [2.05, 4.69) is 12.1 Å². The van der Waals surface area contributed by atoms with Crippen molar-refractivity contribution >= 4 is 11.6 Å². The van der Waals surface area contributed by atoms with E-state index in [1.165, 1.54) is 5.56 Å². The van der Waals surface area contributed by atoms with Crippen molar-refractivity contribution in [2.75, 3.05) is 26.2 Å². The Morgan fingerprint density at radius 3 is 2.44 bits per heavy atom. The molecule has 16 heavy (non-hydrogen) atoms. The second-order valence-electron chi connectivity index (χ2n) is 3.73. The lowest BCUT2D eigenvalue weighted by molar-refractivity contribution is 0.117. The molecule has 0 bridgehead atoms. The molecule has 0 aliphatic heterocycles. The molecule has 1 aromatic carbocycles. The lowest BCUT2D eigenvalue weighted by Crippen LogP contribution is -2.14. The quantitative estimate of drug-likeness (QED) is 0.684. The average Bonchev–Trinajstić information content (AvgIpc) is 2.35. The van der Waals surface area contributed by atoms with E-state index in [0.29, 0.717) is 11.8 Å². The summed E-state index contributed by atoms with van der Waals surface area (Å²) < 4.78 is 10.5. The van der Waals surface area contributed by atoms with Crippen LogP contribution in [0.4, 0.5) is 0 Å². The maximum Gasteiger partial charge on any atom is 0.118 e. The molecule has 0 saturated carbocycles. The van der Waals surface area contributed by atoms with E-state index in [4.69, 9.17) is 21.1 Å². The summed E-state index contributed by atoms with van der Waals surface area (Å²) in [6, 6.07) is 8.09. The molecular formula is C13H19ClO2.